The van der Waals surface area contributed by atoms with Crippen molar-refractivity contribution in [1.82, 2.24) is 9.97 Å². The molecular weight excluding hydrogens is 325 g/mol. The van der Waals surface area contributed by atoms with Crippen LogP contribution in [0.25, 0.3) is 0 Å². The molecule has 0 bridgehead atoms. The fraction of sp³-hybridized carbons (Fsp3) is 0.231. The van der Waals surface area contributed by atoms with Gasteiger partial charge in [0.15, 0.2) is 0 Å². The summed E-state index contributed by atoms with van der Waals surface area (Å²) in [6.45, 7) is 3.94. The van der Waals surface area contributed by atoms with Gasteiger partial charge in [-0.25, -0.2) is 20.2 Å². The quantitative estimate of drug-likeness (QED) is 0.586. The molecule has 0 atom stereocenters. The standard InChI is InChI=1S/C13H15BrFN5/c1-7(2)13-18-11(6-12(19-13)20-16)17-10-4-3-8(14)5-9(10)15/h3-7H,16H2,1-2H3,(H2,17,18,19,20). The number of hydrazine groups is 1. The number of nitrogens with zero attached hydrogens (tertiary/aromatic N) is 2. The van der Waals surface area contributed by atoms with Crippen molar-refractivity contribution in [3.05, 3.63) is 40.4 Å². The Morgan fingerprint density at radius 2 is 1.90 bits per heavy atom. The number of aromatic nitrogens is 2. The molecule has 0 saturated heterocycles. The second-order valence-corrected chi connectivity index (χ2v) is 5.46. The van der Waals surface area contributed by atoms with Gasteiger partial charge in [0.2, 0.25) is 0 Å². The second kappa shape index (κ2) is 6.15. The molecule has 106 valence electrons. The molecular formula is C13H15BrFN5. The monoisotopic (exact) mass is 339 g/mol. The maximum atomic E-state index is 13.8. The second-order valence-electron chi connectivity index (χ2n) is 4.54. The Morgan fingerprint density at radius 1 is 1.20 bits per heavy atom. The van der Waals surface area contributed by atoms with E-state index in [2.05, 4.69) is 36.6 Å². The van der Waals surface area contributed by atoms with E-state index in [0.717, 1.165) is 0 Å². The smallest absolute Gasteiger partial charge is 0.147 e. The highest BCUT2D eigenvalue weighted by molar-refractivity contribution is 9.10. The van der Waals surface area contributed by atoms with Crippen molar-refractivity contribution in [2.45, 2.75) is 19.8 Å². The Balaban J connectivity index is 2.34. The Kier molecular flexibility index (Phi) is 4.51. The highest BCUT2D eigenvalue weighted by Gasteiger charge is 2.09. The normalized spacial score (nSPS) is 10.7. The summed E-state index contributed by atoms with van der Waals surface area (Å²) in [6, 6.07) is 6.38. The molecule has 1 aromatic carbocycles. The first kappa shape index (κ1) is 14.7. The number of nitrogens with one attached hydrogen (secondary N) is 2. The van der Waals surface area contributed by atoms with E-state index in [0.29, 0.717) is 27.6 Å². The van der Waals surface area contributed by atoms with Gasteiger partial charge >= 0.3 is 0 Å². The van der Waals surface area contributed by atoms with Crippen molar-refractivity contribution < 1.29 is 4.39 Å². The molecule has 20 heavy (non-hydrogen) atoms. The molecule has 0 fully saturated rings. The summed E-state index contributed by atoms with van der Waals surface area (Å²) in [7, 11) is 0. The third-order valence-electron chi connectivity index (χ3n) is 2.60. The summed E-state index contributed by atoms with van der Waals surface area (Å²) in [5.41, 5.74) is 2.82. The Hall–Kier alpha value is -1.73. The lowest BCUT2D eigenvalue weighted by atomic mass is 10.2. The SMILES string of the molecule is CC(C)c1nc(NN)cc(Nc2ccc(Br)cc2F)n1. The molecule has 7 heteroatoms. The van der Waals surface area contributed by atoms with E-state index in [-0.39, 0.29) is 11.7 Å². The minimum absolute atomic E-state index is 0.138. The first-order chi connectivity index (χ1) is 9.49. The van der Waals surface area contributed by atoms with Crippen LogP contribution >= 0.6 is 15.9 Å². The lowest BCUT2D eigenvalue weighted by Gasteiger charge is -2.12. The van der Waals surface area contributed by atoms with Gasteiger partial charge in [0, 0.05) is 16.5 Å². The largest absolute Gasteiger partial charge is 0.338 e. The van der Waals surface area contributed by atoms with Gasteiger partial charge in [-0.05, 0) is 18.2 Å². The molecule has 0 aliphatic rings. The number of anilines is 3. The Morgan fingerprint density at radius 3 is 2.50 bits per heavy atom. The average Bonchev–Trinajstić information content (AvgIpc) is 2.41. The zero-order valence-corrected chi connectivity index (χ0v) is 12.7. The van der Waals surface area contributed by atoms with E-state index in [1.165, 1.54) is 6.07 Å². The molecule has 2 aromatic rings. The molecule has 0 spiro atoms. The van der Waals surface area contributed by atoms with Crippen LogP contribution in [0.5, 0.6) is 0 Å². The summed E-state index contributed by atoms with van der Waals surface area (Å²) < 4.78 is 14.5. The van der Waals surface area contributed by atoms with Crippen LogP contribution in [-0.2, 0) is 0 Å². The van der Waals surface area contributed by atoms with Crippen LogP contribution in [0.2, 0.25) is 0 Å². The topological polar surface area (TPSA) is 75.9 Å². The predicted molar refractivity (Wildman–Crippen MR) is 81.3 cm³/mol. The van der Waals surface area contributed by atoms with E-state index >= 15 is 0 Å². The third-order valence-corrected chi connectivity index (χ3v) is 3.09. The molecule has 0 saturated carbocycles. The van der Waals surface area contributed by atoms with E-state index in [4.69, 9.17) is 5.84 Å². The average molecular weight is 340 g/mol. The van der Waals surface area contributed by atoms with Crippen molar-refractivity contribution >= 4 is 33.3 Å². The van der Waals surface area contributed by atoms with E-state index < -0.39 is 0 Å². The van der Waals surface area contributed by atoms with E-state index in [1.54, 1.807) is 18.2 Å². The van der Waals surface area contributed by atoms with Crippen LogP contribution in [0, 0.1) is 5.82 Å². The highest BCUT2D eigenvalue weighted by Crippen LogP contribution is 2.24. The Bertz CT molecular complexity index is 618. The molecule has 0 aliphatic carbocycles. The summed E-state index contributed by atoms with van der Waals surface area (Å²) in [5.74, 6) is 6.74. The van der Waals surface area contributed by atoms with Gasteiger partial charge in [-0.2, -0.15) is 0 Å². The lowest BCUT2D eigenvalue weighted by molar-refractivity contribution is 0.631. The summed E-state index contributed by atoms with van der Waals surface area (Å²) in [6.07, 6.45) is 0. The van der Waals surface area contributed by atoms with Crippen LogP contribution in [0.1, 0.15) is 25.6 Å². The maximum Gasteiger partial charge on any atom is 0.147 e. The number of halogens is 2. The zero-order valence-electron chi connectivity index (χ0n) is 11.1. The molecule has 5 nitrogen and oxygen atoms in total. The number of rotatable bonds is 4. The number of hydrogen-bond donors (Lipinski definition) is 3. The minimum atomic E-state index is -0.369. The van der Waals surface area contributed by atoms with Gasteiger partial charge < -0.3 is 10.7 Å². The fourth-order valence-electron chi connectivity index (χ4n) is 1.59. The first-order valence-electron chi connectivity index (χ1n) is 6.07. The van der Waals surface area contributed by atoms with Crippen LogP contribution < -0.4 is 16.6 Å². The number of benzene rings is 1. The summed E-state index contributed by atoms with van der Waals surface area (Å²) >= 11 is 3.22. The van der Waals surface area contributed by atoms with Crippen molar-refractivity contribution in [2.24, 2.45) is 5.84 Å². The lowest BCUT2D eigenvalue weighted by Crippen LogP contribution is -2.12. The van der Waals surface area contributed by atoms with Crippen LogP contribution in [-0.4, -0.2) is 9.97 Å². The molecule has 2 rings (SSSR count). The number of nitrogen functional groups attached to an aromatic ring is 1. The van der Waals surface area contributed by atoms with Gasteiger partial charge in [0.25, 0.3) is 0 Å². The van der Waals surface area contributed by atoms with Gasteiger partial charge in [-0.3, -0.25) is 0 Å². The van der Waals surface area contributed by atoms with Gasteiger partial charge in [-0.1, -0.05) is 29.8 Å². The van der Waals surface area contributed by atoms with Crippen molar-refractivity contribution in [3.8, 4) is 0 Å². The zero-order chi connectivity index (χ0) is 14.7. The highest BCUT2D eigenvalue weighted by atomic mass is 79.9. The molecule has 1 heterocycles. The minimum Gasteiger partial charge on any atom is -0.338 e. The van der Waals surface area contributed by atoms with Gasteiger partial charge in [-0.15, -0.1) is 0 Å². The molecule has 1 aromatic heterocycles. The summed E-state index contributed by atoms with van der Waals surface area (Å²) in [5, 5.41) is 2.93. The predicted octanol–water partition coefficient (Wildman–Crippen LogP) is 3.53. The third kappa shape index (κ3) is 3.43. The van der Waals surface area contributed by atoms with E-state index in [1.807, 2.05) is 13.8 Å². The van der Waals surface area contributed by atoms with Crippen LogP contribution in [0.15, 0.2) is 28.7 Å². The van der Waals surface area contributed by atoms with Crippen molar-refractivity contribution in [2.75, 3.05) is 10.7 Å². The Labute approximate surface area is 124 Å². The van der Waals surface area contributed by atoms with Crippen LogP contribution in [0.3, 0.4) is 0 Å². The molecule has 0 amide bonds. The maximum absolute atomic E-state index is 13.8. The van der Waals surface area contributed by atoms with Crippen LogP contribution in [0.4, 0.5) is 21.7 Å². The van der Waals surface area contributed by atoms with Gasteiger partial charge in [0.05, 0.1) is 5.69 Å². The molecule has 0 unspecified atom stereocenters. The van der Waals surface area contributed by atoms with Crippen molar-refractivity contribution in [3.63, 3.8) is 0 Å². The number of nitrogens with two attached hydrogens (primary N) is 1. The summed E-state index contributed by atoms with van der Waals surface area (Å²) in [4.78, 5) is 8.58. The first-order valence-corrected chi connectivity index (χ1v) is 6.86. The molecule has 0 radical (unpaired) electrons. The van der Waals surface area contributed by atoms with E-state index in [9.17, 15) is 4.39 Å². The van der Waals surface area contributed by atoms with Crippen molar-refractivity contribution in [1.29, 1.82) is 0 Å². The van der Waals surface area contributed by atoms with Gasteiger partial charge in [0.1, 0.15) is 23.3 Å². The fourth-order valence-corrected chi connectivity index (χ4v) is 1.92. The molecule has 0 aliphatic heterocycles. The number of hydrogen-bond acceptors (Lipinski definition) is 5. The molecule has 4 N–H and O–H groups in total.